The first-order valence-electron chi connectivity index (χ1n) is 4.60. The zero-order chi connectivity index (χ0) is 10.1. The van der Waals surface area contributed by atoms with E-state index < -0.39 is 0 Å². The Morgan fingerprint density at radius 2 is 1.85 bits per heavy atom. The van der Waals surface area contributed by atoms with Gasteiger partial charge in [-0.3, -0.25) is 0 Å². The van der Waals surface area contributed by atoms with Crippen LogP contribution in [0.3, 0.4) is 0 Å². The Hall–Kier alpha value is -0.160. The molecule has 13 heavy (non-hydrogen) atoms. The number of nitrogens with two attached hydrogens (primary N) is 1. The van der Waals surface area contributed by atoms with Crippen LogP contribution in [0, 0.1) is 0 Å². The summed E-state index contributed by atoms with van der Waals surface area (Å²) in [5, 5.41) is 0. The van der Waals surface area contributed by atoms with Gasteiger partial charge < -0.3 is 19.9 Å². The molecule has 0 fully saturated rings. The summed E-state index contributed by atoms with van der Waals surface area (Å²) < 4.78 is 15.5. The lowest BCUT2D eigenvalue weighted by atomic mass is 10.4. The van der Waals surface area contributed by atoms with Crippen molar-refractivity contribution in [3.8, 4) is 0 Å². The molecule has 0 aliphatic carbocycles. The fraction of sp³-hybridized carbons (Fsp3) is 1.00. The summed E-state index contributed by atoms with van der Waals surface area (Å²) in [4.78, 5) is 0. The summed E-state index contributed by atoms with van der Waals surface area (Å²) in [6.45, 7) is 6.29. The molecule has 0 aromatic heterocycles. The predicted molar refractivity (Wildman–Crippen MR) is 51.8 cm³/mol. The Morgan fingerprint density at radius 3 is 2.38 bits per heavy atom. The summed E-state index contributed by atoms with van der Waals surface area (Å²) in [6, 6.07) is 0.0847. The van der Waals surface area contributed by atoms with Gasteiger partial charge in [-0.15, -0.1) is 0 Å². The maximum atomic E-state index is 5.53. The number of hydrogen-bond acceptors (Lipinski definition) is 4. The molecule has 0 aliphatic heterocycles. The molecule has 0 aromatic rings. The van der Waals surface area contributed by atoms with Crippen LogP contribution in [0.5, 0.6) is 0 Å². The standard InChI is InChI=1S/C9H21NO3/c1-8(10)6-13-9(2)7-12-5-4-11-3/h8-9H,4-7,10H2,1-3H3/t8-,9+/m0/s1. The van der Waals surface area contributed by atoms with E-state index in [-0.39, 0.29) is 12.1 Å². The third kappa shape index (κ3) is 9.76. The maximum Gasteiger partial charge on any atom is 0.0781 e. The van der Waals surface area contributed by atoms with Crippen molar-refractivity contribution in [1.82, 2.24) is 0 Å². The molecule has 0 saturated carbocycles. The van der Waals surface area contributed by atoms with E-state index in [1.807, 2.05) is 13.8 Å². The van der Waals surface area contributed by atoms with Crippen LogP contribution in [0.2, 0.25) is 0 Å². The van der Waals surface area contributed by atoms with Gasteiger partial charge in [-0.25, -0.2) is 0 Å². The zero-order valence-electron chi connectivity index (χ0n) is 8.79. The molecule has 0 bridgehead atoms. The van der Waals surface area contributed by atoms with Crippen molar-refractivity contribution in [2.75, 3.05) is 33.5 Å². The van der Waals surface area contributed by atoms with Gasteiger partial charge in [-0.2, -0.15) is 0 Å². The van der Waals surface area contributed by atoms with Crippen molar-refractivity contribution in [1.29, 1.82) is 0 Å². The molecule has 0 aliphatic rings. The van der Waals surface area contributed by atoms with Crippen LogP contribution in [0.15, 0.2) is 0 Å². The Balaban J connectivity index is 3.15. The summed E-state index contributed by atoms with van der Waals surface area (Å²) in [5.74, 6) is 0. The fourth-order valence-corrected chi connectivity index (χ4v) is 0.756. The average molecular weight is 191 g/mol. The van der Waals surface area contributed by atoms with Gasteiger partial charge in [0.1, 0.15) is 0 Å². The molecular weight excluding hydrogens is 170 g/mol. The first-order valence-corrected chi connectivity index (χ1v) is 4.60. The van der Waals surface area contributed by atoms with Crippen molar-refractivity contribution < 1.29 is 14.2 Å². The Kier molecular flexibility index (Phi) is 8.33. The second-order valence-corrected chi connectivity index (χ2v) is 3.19. The molecule has 0 rings (SSSR count). The largest absolute Gasteiger partial charge is 0.382 e. The van der Waals surface area contributed by atoms with Crippen molar-refractivity contribution in [3.63, 3.8) is 0 Å². The molecule has 0 heterocycles. The first kappa shape index (κ1) is 12.8. The first-order chi connectivity index (χ1) is 6.16. The molecule has 2 N–H and O–H groups in total. The van der Waals surface area contributed by atoms with E-state index in [1.165, 1.54) is 0 Å². The van der Waals surface area contributed by atoms with E-state index in [4.69, 9.17) is 19.9 Å². The van der Waals surface area contributed by atoms with Crippen LogP contribution >= 0.6 is 0 Å². The molecular formula is C9H21NO3. The Morgan fingerprint density at radius 1 is 1.15 bits per heavy atom. The van der Waals surface area contributed by atoms with Gasteiger partial charge in [-0.1, -0.05) is 0 Å². The molecule has 0 radical (unpaired) electrons. The van der Waals surface area contributed by atoms with E-state index in [1.54, 1.807) is 7.11 Å². The van der Waals surface area contributed by atoms with E-state index >= 15 is 0 Å². The minimum Gasteiger partial charge on any atom is -0.382 e. The molecule has 2 atom stereocenters. The highest BCUT2D eigenvalue weighted by Crippen LogP contribution is 1.93. The van der Waals surface area contributed by atoms with Crippen molar-refractivity contribution in [3.05, 3.63) is 0 Å². The van der Waals surface area contributed by atoms with Gasteiger partial charge in [0.2, 0.25) is 0 Å². The van der Waals surface area contributed by atoms with Crippen LogP contribution in [0.4, 0.5) is 0 Å². The minimum atomic E-state index is 0.0847. The van der Waals surface area contributed by atoms with E-state index in [0.29, 0.717) is 26.4 Å². The van der Waals surface area contributed by atoms with Crippen LogP contribution in [-0.4, -0.2) is 45.7 Å². The molecule has 0 saturated heterocycles. The molecule has 0 spiro atoms. The lowest BCUT2D eigenvalue weighted by molar-refractivity contribution is -0.0212. The van der Waals surface area contributed by atoms with Gasteiger partial charge in [0.25, 0.3) is 0 Å². The van der Waals surface area contributed by atoms with E-state index in [9.17, 15) is 0 Å². The summed E-state index contributed by atoms with van der Waals surface area (Å²) in [7, 11) is 1.65. The van der Waals surface area contributed by atoms with Gasteiger partial charge in [-0.05, 0) is 13.8 Å². The lowest BCUT2D eigenvalue weighted by Gasteiger charge is -2.14. The Labute approximate surface area is 80.3 Å². The number of hydrogen-bond donors (Lipinski definition) is 1. The summed E-state index contributed by atoms with van der Waals surface area (Å²) in [5.41, 5.74) is 5.53. The molecule has 4 heteroatoms. The smallest absolute Gasteiger partial charge is 0.0781 e. The van der Waals surface area contributed by atoms with Gasteiger partial charge >= 0.3 is 0 Å². The molecule has 0 unspecified atom stereocenters. The number of ether oxygens (including phenoxy) is 3. The quantitative estimate of drug-likeness (QED) is 0.564. The van der Waals surface area contributed by atoms with Crippen LogP contribution in [-0.2, 0) is 14.2 Å². The monoisotopic (exact) mass is 191 g/mol. The van der Waals surface area contributed by atoms with E-state index in [2.05, 4.69) is 0 Å². The number of methoxy groups -OCH3 is 1. The summed E-state index contributed by atoms with van der Waals surface area (Å²) in [6.07, 6.45) is 0.0999. The molecule has 0 amide bonds. The zero-order valence-corrected chi connectivity index (χ0v) is 8.79. The van der Waals surface area contributed by atoms with Crippen molar-refractivity contribution in [2.45, 2.75) is 26.0 Å². The third-order valence-electron chi connectivity index (χ3n) is 1.43. The molecule has 80 valence electrons. The normalized spacial score (nSPS) is 15.7. The van der Waals surface area contributed by atoms with Crippen molar-refractivity contribution in [2.24, 2.45) is 5.73 Å². The van der Waals surface area contributed by atoms with Crippen LogP contribution in [0.1, 0.15) is 13.8 Å². The highest BCUT2D eigenvalue weighted by Gasteiger charge is 2.03. The van der Waals surface area contributed by atoms with E-state index in [0.717, 1.165) is 0 Å². The highest BCUT2D eigenvalue weighted by atomic mass is 16.5. The third-order valence-corrected chi connectivity index (χ3v) is 1.43. The fourth-order valence-electron chi connectivity index (χ4n) is 0.756. The second kappa shape index (κ2) is 8.44. The SMILES string of the molecule is COCCOC[C@@H](C)OC[C@H](C)N. The van der Waals surface area contributed by atoms with Crippen LogP contribution in [0.25, 0.3) is 0 Å². The predicted octanol–water partition coefficient (Wildman–Crippen LogP) is 0.402. The number of rotatable bonds is 8. The Bertz CT molecular complexity index is 109. The topological polar surface area (TPSA) is 53.7 Å². The van der Waals surface area contributed by atoms with Gasteiger partial charge in [0.05, 0.1) is 32.5 Å². The molecule has 4 nitrogen and oxygen atoms in total. The van der Waals surface area contributed by atoms with Gasteiger partial charge in [0.15, 0.2) is 0 Å². The lowest BCUT2D eigenvalue weighted by Crippen LogP contribution is -2.27. The summed E-state index contributed by atoms with van der Waals surface area (Å²) >= 11 is 0. The van der Waals surface area contributed by atoms with Crippen LogP contribution < -0.4 is 5.73 Å². The van der Waals surface area contributed by atoms with Gasteiger partial charge in [0, 0.05) is 13.2 Å². The average Bonchev–Trinajstić information content (AvgIpc) is 2.09. The highest BCUT2D eigenvalue weighted by molar-refractivity contribution is 4.53. The second-order valence-electron chi connectivity index (χ2n) is 3.19. The maximum absolute atomic E-state index is 5.53. The van der Waals surface area contributed by atoms with Crippen molar-refractivity contribution >= 4 is 0 Å². The molecule has 0 aromatic carbocycles. The minimum absolute atomic E-state index is 0.0847.